The summed E-state index contributed by atoms with van der Waals surface area (Å²) in [6.45, 7) is 42.8. The minimum absolute atomic E-state index is 0. The van der Waals surface area contributed by atoms with Crippen molar-refractivity contribution in [3.63, 3.8) is 0 Å². The van der Waals surface area contributed by atoms with Gasteiger partial charge in [-0.2, -0.15) is 0 Å². The second kappa shape index (κ2) is 21.0. The van der Waals surface area contributed by atoms with Gasteiger partial charge in [0.1, 0.15) is 0 Å². The molecular weight excluding hydrogens is 553 g/mol. The summed E-state index contributed by atoms with van der Waals surface area (Å²) in [6.07, 6.45) is 18.0. The van der Waals surface area contributed by atoms with Crippen LogP contribution in [0.25, 0.3) is 11.1 Å². The maximum atomic E-state index is 3.94. The van der Waals surface area contributed by atoms with Gasteiger partial charge in [0.2, 0.25) is 0 Å². The van der Waals surface area contributed by atoms with Crippen LogP contribution in [0.5, 0.6) is 0 Å². The van der Waals surface area contributed by atoms with Crippen LogP contribution in [0.4, 0.5) is 0 Å². The molecule has 0 nitrogen and oxygen atoms in total. The van der Waals surface area contributed by atoms with Gasteiger partial charge < -0.3 is 0 Å². The highest BCUT2D eigenvalue weighted by Crippen LogP contribution is 2.50. The summed E-state index contributed by atoms with van der Waals surface area (Å²) in [6, 6.07) is 13.4. The standard InChI is InChI=1S/C17H20.C16H18.C8H12.2C2H6.CH4/c1-6-8-13-14-10-9-12(3)11-16(14)17(4,5)15(13)7-2;1-6-12-13-9-8-11(3)10-15(13)16(4,5)14(12)7-2;1-4-6-7-8(3)5-2;2*1-2;/h6-11H,1H2,2-5H3;6-10H,1-2H2,3-5H3;4-7H,2H2,1,3H3;2*1-2H3;1H4/b13-8-,15-7+;;6-4-,8-7-;;;. The van der Waals surface area contributed by atoms with Gasteiger partial charge in [-0.05, 0) is 79.2 Å². The highest BCUT2D eigenvalue weighted by Gasteiger charge is 2.37. The van der Waals surface area contributed by atoms with Crippen LogP contribution in [0.15, 0.2) is 134 Å². The van der Waals surface area contributed by atoms with Crippen molar-refractivity contribution < 1.29 is 0 Å². The van der Waals surface area contributed by atoms with Crippen molar-refractivity contribution in [2.75, 3.05) is 0 Å². The molecule has 2 aromatic carbocycles. The Hall–Kier alpha value is -3.90. The van der Waals surface area contributed by atoms with Crippen LogP contribution < -0.4 is 0 Å². The number of benzene rings is 2. The Morgan fingerprint density at radius 2 is 1.22 bits per heavy atom. The Morgan fingerprint density at radius 1 is 0.717 bits per heavy atom. The SMILES string of the molecule is C.C=C/C(C)=C\C=C/C.C=C/C=C1\C(=C/C)C(C)(C)c2cc(C)ccc21.C=CC1=C(C=C)C(C)(C)c2cc(C)ccc21.CC.CC. The van der Waals surface area contributed by atoms with Gasteiger partial charge in [-0.3, -0.25) is 0 Å². The lowest BCUT2D eigenvalue weighted by Crippen LogP contribution is -2.16. The normalized spacial score (nSPS) is 16.5. The van der Waals surface area contributed by atoms with Crippen LogP contribution in [-0.4, -0.2) is 0 Å². The van der Waals surface area contributed by atoms with E-state index in [-0.39, 0.29) is 18.3 Å². The van der Waals surface area contributed by atoms with E-state index in [0.29, 0.717) is 0 Å². The highest BCUT2D eigenvalue weighted by molar-refractivity contribution is 5.90. The first-order chi connectivity index (χ1) is 21.3. The number of aryl methyl sites for hydroxylation is 2. The van der Waals surface area contributed by atoms with E-state index >= 15 is 0 Å². The quantitative estimate of drug-likeness (QED) is 0.292. The summed E-state index contributed by atoms with van der Waals surface area (Å²) in [5.41, 5.74) is 14.7. The van der Waals surface area contributed by atoms with Crippen molar-refractivity contribution >= 4 is 11.1 Å². The van der Waals surface area contributed by atoms with E-state index < -0.39 is 0 Å². The second-order valence-corrected chi connectivity index (χ2v) is 11.7. The van der Waals surface area contributed by atoms with Crippen molar-refractivity contribution in [3.05, 3.63) is 167 Å². The van der Waals surface area contributed by atoms with Gasteiger partial charge in [-0.1, -0.05) is 197 Å². The molecule has 0 fully saturated rings. The van der Waals surface area contributed by atoms with Crippen LogP contribution in [0.1, 0.15) is 117 Å². The summed E-state index contributed by atoms with van der Waals surface area (Å²) in [5, 5.41) is 0. The van der Waals surface area contributed by atoms with Crippen molar-refractivity contribution in [1.29, 1.82) is 0 Å². The monoisotopic (exact) mass is 619 g/mol. The predicted octanol–water partition coefficient (Wildman–Crippen LogP) is 14.6. The fourth-order valence-corrected chi connectivity index (χ4v) is 5.79. The van der Waals surface area contributed by atoms with Gasteiger partial charge in [0.15, 0.2) is 0 Å². The molecule has 0 aliphatic heterocycles. The van der Waals surface area contributed by atoms with E-state index in [9.17, 15) is 0 Å². The fraction of sp³-hybridized carbons (Fsp3) is 0.348. The molecule has 0 bridgehead atoms. The maximum absolute atomic E-state index is 3.94. The van der Waals surface area contributed by atoms with E-state index in [1.165, 1.54) is 61.2 Å². The minimum atomic E-state index is 0. The number of rotatable bonds is 5. The molecule has 0 amide bonds. The Bertz CT molecular complexity index is 1470. The van der Waals surface area contributed by atoms with Crippen molar-refractivity contribution in [2.24, 2.45) is 0 Å². The highest BCUT2D eigenvalue weighted by atomic mass is 14.4. The van der Waals surface area contributed by atoms with Crippen LogP contribution >= 0.6 is 0 Å². The maximum Gasteiger partial charge on any atom is 0.0158 e. The molecule has 0 heteroatoms. The van der Waals surface area contributed by atoms with Crippen molar-refractivity contribution in [2.45, 2.75) is 108 Å². The third kappa shape index (κ3) is 10.3. The van der Waals surface area contributed by atoms with E-state index in [2.05, 4.69) is 123 Å². The second-order valence-electron chi connectivity index (χ2n) is 11.7. The van der Waals surface area contributed by atoms with Crippen LogP contribution in [0.2, 0.25) is 0 Å². The first-order valence-electron chi connectivity index (χ1n) is 16.5. The number of allylic oxidation sites excluding steroid dienone is 14. The van der Waals surface area contributed by atoms with Crippen molar-refractivity contribution in [3.8, 4) is 0 Å². The van der Waals surface area contributed by atoms with E-state index in [1.807, 2.05) is 84.1 Å². The first-order valence-corrected chi connectivity index (χ1v) is 16.5. The smallest absolute Gasteiger partial charge is 0.0158 e. The van der Waals surface area contributed by atoms with Crippen molar-refractivity contribution in [1.82, 2.24) is 0 Å². The number of fused-ring (bicyclic) bond motifs is 2. The summed E-state index contributed by atoms with van der Waals surface area (Å²) in [5.74, 6) is 0. The zero-order valence-corrected chi connectivity index (χ0v) is 31.0. The summed E-state index contributed by atoms with van der Waals surface area (Å²) in [7, 11) is 0. The molecule has 2 aliphatic rings. The fourth-order valence-electron chi connectivity index (χ4n) is 5.79. The van der Waals surface area contributed by atoms with Gasteiger partial charge in [0.05, 0.1) is 0 Å². The molecule has 0 atom stereocenters. The van der Waals surface area contributed by atoms with Crippen LogP contribution in [0, 0.1) is 13.8 Å². The van der Waals surface area contributed by atoms with Crippen LogP contribution in [0.3, 0.4) is 0 Å². The first kappa shape index (κ1) is 44.2. The predicted molar refractivity (Wildman–Crippen MR) is 216 cm³/mol. The Kier molecular flexibility index (Phi) is 20.2. The van der Waals surface area contributed by atoms with E-state index in [0.717, 1.165) is 0 Å². The lowest BCUT2D eigenvalue weighted by molar-refractivity contribution is 0.654. The molecule has 2 aliphatic carbocycles. The molecule has 4 rings (SSSR count). The lowest BCUT2D eigenvalue weighted by atomic mass is 9.81. The Morgan fingerprint density at radius 3 is 1.63 bits per heavy atom. The molecule has 0 heterocycles. The third-order valence-corrected chi connectivity index (χ3v) is 8.06. The third-order valence-electron chi connectivity index (χ3n) is 8.06. The summed E-state index contributed by atoms with van der Waals surface area (Å²) in [4.78, 5) is 0. The molecule has 0 saturated carbocycles. The van der Waals surface area contributed by atoms with E-state index in [1.54, 1.807) is 0 Å². The number of hydrogen-bond acceptors (Lipinski definition) is 0. The van der Waals surface area contributed by atoms with Gasteiger partial charge in [-0.25, -0.2) is 0 Å². The topological polar surface area (TPSA) is 0 Å². The molecule has 0 unspecified atom stereocenters. The molecule has 0 spiro atoms. The molecule has 2 aromatic rings. The molecule has 0 N–H and O–H groups in total. The van der Waals surface area contributed by atoms with Gasteiger partial charge in [0.25, 0.3) is 0 Å². The molecule has 46 heavy (non-hydrogen) atoms. The zero-order valence-electron chi connectivity index (χ0n) is 31.0. The molecule has 250 valence electrons. The average molecular weight is 619 g/mol. The Balaban J connectivity index is 0. The van der Waals surface area contributed by atoms with Gasteiger partial charge in [0, 0.05) is 10.8 Å². The summed E-state index contributed by atoms with van der Waals surface area (Å²) >= 11 is 0. The van der Waals surface area contributed by atoms with Gasteiger partial charge >= 0.3 is 0 Å². The van der Waals surface area contributed by atoms with Gasteiger partial charge in [-0.15, -0.1) is 0 Å². The number of hydrogen-bond donors (Lipinski definition) is 0. The minimum Gasteiger partial charge on any atom is -0.0990 e. The summed E-state index contributed by atoms with van der Waals surface area (Å²) < 4.78 is 0. The molecule has 0 saturated heterocycles. The van der Waals surface area contributed by atoms with Crippen LogP contribution in [-0.2, 0) is 10.8 Å². The lowest BCUT2D eigenvalue weighted by Gasteiger charge is -2.22. The molecular formula is C46H66. The average Bonchev–Trinajstić information content (AvgIpc) is 3.39. The zero-order chi connectivity index (χ0) is 35.0. The largest absolute Gasteiger partial charge is 0.0990 e. The molecule has 0 radical (unpaired) electrons. The Labute approximate surface area is 286 Å². The van der Waals surface area contributed by atoms with E-state index in [4.69, 9.17) is 0 Å². The molecule has 0 aromatic heterocycles.